The van der Waals surface area contributed by atoms with Gasteiger partial charge in [-0.05, 0) is 6.42 Å². The van der Waals surface area contributed by atoms with E-state index in [4.69, 9.17) is 9.84 Å². The summed E-state index contributed by atoms with van der Waals surface area (Å²) < 4.78 is 42.2. The van der Waals surface area contributed by atoms with Crippen molar-refractivity contribution in [1.82, 2.24) is 4.90 Å². The summed E-state index contributed by atoms with van der Waals surface area (Å²) >= 11 is 0. The van der Waals surface area contributed by atoms with E-state index < -0.39 is 24.6 Å². The molecule has 0 aromatic heterocycles. The van der Waals surface area contributed by atoms with Gasteiger partial charge in [0.05, 0.1) is 6.61 Å². The lowest BCUT2D eigenvalue weighted by atomic mass is 10.1. The van der Waals surface area contributed by atoms with Gasteiger partial charge in [-0.1, -0.05) is 0 Å². The van der Waals surface area contributed by atoms with Gasteiger partial charge in [0.1, 0.15) is 0 Å². The first-order valence-corrected chi connectivity index (χ1v) is 5.01. The lowest BCUT2D eigenvalue weighted by molar-refractivity contribution is -0.196. The standard InChI is InChI=1S/C9H14F3NO3/c10-9(11,12)7(8(14)15)6-13-2-1-4-16-5-3-13/h7H,1-6H2,(H,14,15). The fourth-order valence-electron chi connectivity index (χ4n) is 1.56. The third-order valence-electron chi connectivity index (χ3n) is 2.45. The van der Waals surface area contributed by atoms with E-state index in [1.165, 1.54) is 4.90 Å². The summed E-state index contributed by atoms with van der Waals surface area (Å²) in [5.74, 6) is -4.14. The van der Waals surface area contributed by atoms with Gasteiger partial charge in [-0.3, -0.25) is 9.69 Å². The molecule has 0 spiro atoms. The Hall–Kier alpha value is -0.820. The van der Waals surface area contributed by atoms with Crippen molar-refractivity contribution in [3.63, 3.8) is 0 Å². The molecule has 4 nitrogen and oxygen atoms in total. The van der Waals surface area contributed by atoms with E-state index in [9.17, 15) is 18.0 Å². The van der Waals surface area contributed by atoms with Gasteiger partial charge in [0.2, 0.25) is 0 Å². The van der Waals surface area contributed by atoms with Crippen LogP contribution in [0.25, 0.3) is 0 Å². The first-order chi connectivity index (χ1) is 7.41. The number of carboxylic acid groups (broad SMARTS) is 1. The smallest absolute Gasteiger partial charge is 0.403 e. The predicted molar refractivity (Wildman–Crippen MR) is 49.1 cm³/mol. The first kappa shape index (κ1) is 13.2. The Bertz CT molecular complexity index is 237. The quantitative estimate of drug-likeness (QED) is 0.800. The summed E-state index contributed by atoms with van der Waals surface area (Å²) in [4.78, 5) is 12.0. The van der Waals surface area contributed by atoms with Crippen LogP contribution in [0.5, 0.6) is 0 Å². The SMILES string of the molecule is O=C(O)C(CN1CCCOCC1)C(F)(F)F. The first-order valence-electron chi connectivity index (χ1n) is 5.01. The number of hydrogen-bond donors (Lipinski definition) is 1. The number of carboxylic acids is 1. The van der Waals surface area contributed by atoms with Gasteiger partial charge in [-0.25, -0.2) is 0 Å². The average Bonchev–Trinajstić information content (AvgIpc) is 2.39. The number of alkyl halides is 3. The second kappa shape index (κ2) is 5.49. The minimum Gasteiger partial charge on any atom is -0.481 e. The van der Waals surface area contributed by atoms with E-state index in [2.05, 4.69) is 0 Å². The summed E-state index contributed by atoms with van der Waals surface area (Å²) in [5, 5.41) is 8.53. The fourth-order valence-corrected chi connectivity index (χ4v) is 1.56. The molecule has 0 aromatic rings. The Labute approximate surface area is 91.0 Å². The van der Waals surface area contributed by atoms with Crippen molar-refractivity contribution in [3.8, 4) is 0 Å². The van der Waals surface area contributed by atoms with Crippen LogP contribution in [0.3, 0.4) is 0 Å². The molecule has 0 aliphatic carbocycles. The highest BCUT2D eigenvalue weighted by molar-refractivity contribution is 5.71. The zero-order chi connectivity index (χ0) is 12.2. The summed E-state index contributed by atoms with van der Waals surface area (Å²) in [6.45, 7) is 1.16. The average molecular weight is 241 g/mol. The maximum atomic E-state index is 12.4. The number of rotatable bonds is 3. The van der Waals surface area contributed by atoms with Crippen molar-refractivity contribution in [2.75, 3.05) is 32.8 Å². The van der Waals surface area contributed by atoms with Crippen molar-refractivity contribution in [3.05, 3.63) is 0 Å². The number of carbonyl (C=O) groups is 1. The molecule has 1 aliphatic rings. The zero-order valence-electron chi connectivity index (χ0n) is 8.66. The lowest BCUT2D eigenvalue weighted by Crippen LogP contribution is -2.42. The van der Waals surface area contributed by atoms with Crippen LogP contribution in [0.1, 0.15) is 6.42 Å². The molecule has 16 heavy (non-hydrogen) atoms. The Balaban J connectivity index is 2.56. The van der Waals surface area contributed by atoms with Gasteiger partial charge < -0.3 is 9.84 Å². The molecule has 1 unspecified atom stereocenters. The third-order valence-corrected chi connectivity index (χ3v) is 2.45. The van der Waals surface area contributed by atoms with Crippen LogP contribution < -0.4 is 0 Å². The number of hydrogen-bond acceptors (Lipinski definition) is 3. The van der Waals surface area contributed by atoms with Crippen LogP contribution >= 0.6 is 0 Å². The lowest BCUT2D eigenvalue weighted by Gasteiger charge is -2.24. The van der Waals surface area contributed by atoms with Gasteiger partial charge in [-0.15, -0.1) is 0 Å². The van der Waals surface area contributed by atoms with Crippen LogP contribution in [0, 0.1) is 5.92 Å². The molecular weight excluding hydrogens is 227 g/mol. The van der Waals surface area contributed by atoms with Gasteiger partial charge in [0.15, 0.2) is 5.92 Å². The zero-order valence-corrected chi connectivity index (χ0v) is 8.66. The van der Waals surface area contributed by atoms with E-state index in [1.54, 1.807) is 0 Å². The molecule has 1 rings (SSSR count). The van der Waals surface area contributed by atoms with Crippen LogP contribution in [-0.2, 0) is 9.53 Å². The fraction of sp³-hybridized carbons (Fsp3) is 0.889. The van der Waals surface area contributed by atoms with E-state index in [-0.39, 0.29) is 0 Å². The second-order valence-electron chi connectivity index (χ2n) is 3.70. The van der Waals surface area contributed by atoms with Crippen molar-refractivity contribution >= 4 is 5.97 Å². The maximum Gasteiger partial charge on any atom is 0.403 e. The van der Waals surface area contributed by atoms with Crippen molar-refractivity contribution < 1.29 is 27.8 Å². The summed E-state index contributed by atoms with van der Waals surface area (Å²) in [6.07, 6.45) is -4.07. The highest BCUT2D eigenvalue weighted by Crippen LogP contribution is 2.27. The van der Waals surface area contributed by atoms with E-state index in [1.807, 2.05) is 0 Å². The summed E-state index contributed by atoms with van der Waals surface area (Å²) in [6, 6.07) is 0. The normalized spacial score (nSPS) is 21.4. The molecule has 7 heteroatoms. The molecule has 1 heterocycles. The molecule has 0 aromatic carbocycles. The third kappa shape index (κ3) is 3.97. The van der Waals surface area contributed by atoms with Crippen LogP contribution in [0.4, 0.5) is 13.2 Å². The van der Waals surface area contributed by atoms with Gasteiger partial charge in [0, 0.05) is 26.2 Å². The number of nitrogens with zero attached hydrogens (tertiary/aromatic N) is 1. The van der Waals surface area contributed by atoms with Crippen LogP contribution in [-0.4, -0.2) is 55.0 Å². The summed E-state index contributed by atoms with van der Waals surface area (Å²) in [7, 11) is 0. The Morgan fingerprint density at radius 1 is 1.38 bits per heavy atom. The minimum absolute atomic E-state index is 0.347. The molecule has 0 saturated carbocycles. The van der Waals surface area contributed by atoms with E-state index in [0.717, 1.165) is 0 Å². The number of ether oxygens (including phenoxy) is 1. The molecule has 0 bridgehead atoms. The summed E-state index contributed by atoms with van der Waals surface area (Å²) in [5.41, 5.74) is 0. The molecule has 1 atom stereocenters. The van der Waals surface area contributed by atoms with Crippen molar-refractivity contribution in [2.45, 2.75) is 12.6 Å². The Morgan fingerprint density at radius 3 is 2.62 bits per heavy atom. The Kier molecular flexibility index (Phi) is 4.55. The van der Waals surface area contributed by atoms with Crippen LogP contribution in [0.2, 0.25) is 0 Å². The molecule has 94 valence electrons. The molecule has 0 amide bonds. The molecule has 0 radical (unpaired) electrons. The highest BCUT2D eigenvalue weighted by Gasteiger charge is 2.45. The maximum absolute atomic E-state index is 12.4. The van der Waals surface area contributed by atoms with E-state index >= 15 is 0 Å². The van der Waals surface area contributed by atoms with Gasteiger partial charge in [-0.2, -0.15) is 13.2 Å². The van der Waals surface area contributed by atoms with E-state index in [0.29, 0.717) is 32.7 Å². The number of halogens is 3. The van der Waals surface area contributed by atoms with Gasteiger partial charge >= 0.3 is 12.1 Å². The number of aliphatic carboxylic acids is 1. The van der Waals surface area contributed by atoms with Crippen molar-refractivity contribution in [2.24, 2.45) is 5.92 Å². The molecule has 1 fully saturated rings. The van der Waals surface area contributed by atoms with Crippen LogP contribution in [0.15, 0.2) is 0 Å². The largest absolute Gasteiger partial charge is 0.481 e. The predicted octanol–water partition coefficient (Wildman–Crippen LogP) is 0.972. The minimum atomic E-state index is -4.70. The molecule has 1 saturated heterocycles. The van der Waals surface area contributed by atoms with Gasteiger partial charge in [0.25, 0.3) is 0 Å². The molecule has 1 aliphatic heterocycles. The Morgan fingerprint density at radius 2 is 2.06 bits per heavy atom. The van der Waals surface area contributed by atoms with Crippen molar-refractivity contribution in [1.29, 1.82) is 0 Å². The highest BCUT2D eigenvalue weighted by atomic mass is 19.4. The molecular formula is C9H14F3NO3. The molecule has 1 N–H and O–H groups in total. The second-order valence-corrected chi connectivity index (χ2v) is 3.70. The monoisotopic (exact) mass is 241 g/mol. The topological polar surface area (TPSA) is 49.8 Å².